The Balaban J connectivity index is 1.77. The van der Waals surface area contributed by atoms with Crippen LogP contribution in [0.2, 0.25) is 0 Å². The number of aryl methyl sites for hydroxylation is 1. The fourth-order valence-electron chi connectivity index (χ4n) is 2.41. The Labute approximate surface area is 153 Å². The number of rotatable bonds is 4. The third-order valence-corrected chi connectivity index (χ3v) is 3.78. The van der Waals surface area contributed by atoms with Crippen molar-refractivity contribution in [3.8, 4) is 11.3 Å². The molecule has 3 rings (SSSR count). The lowest BCUT2D eigenvalue weighted by molar-refractivity contribution is 0.118. The van der Waals surface area contributed by atoms with Crippen LogP contribution in [0.15, 0.2) is 36.8 Å². The largest absolute Gasteiger partial charge is 0.441 e. The van der Waals surface area contributed by atoms with Crippen molar-refractivity contribution < 1.29 is 18.3 Å². The number of carbonyl (C=O) groups excluding carboxylic acids is 1. The molecule has 1 amide bonds. The third-order valence-electron chi connectivity index (χ3n) is 3.78. The molecule has 0 fully saturated rings. The molecule has 8 nitrogen and oxygen atoms in total. The van der Waals surface area contributed by atoms with E-state index in [0.717, 1.165) is 12.3 Å². The summed E-state index contributed by atoms with van der Waals surface area (Å²) in [4.78, 5) is 19.7. The van der Waals surface area contributed by atoms with Gasteiger partial charge in [-0.1, -0.05) is 0 Å². The molecule has 0 bridgehead atoms. The van der Waals surface area contributed by atoms with Gasteiger partial charge in [-0.3, -0.25) is 15.0 Å². The molecule has 0 saturated heterocycles. The molecule has 140 valence electrons. The number of aromatic nitrogens is 4. The number of nitrogens with two attached hydrogens (primary N) is 1. The number of hydrogen-bond donors (Lipinski definition) is 2. The Morgan fingerprint density at radius 3 is 2.74 bits per heavy atom. The summed E-state index contributed by atoms with van der Waals surface area (Å²) < 4.78 is 33.5. The van der Waals surface area contributed by atoms with E-state index >= 15 is 0 Å². The summed E-state index contributed by atoms with van der Waals surface area (Å²) in [7, 11) is 1.62. The molecule has 3 heterocycles. The molecule has 0 aliphatic carbocycles. The maximum absolute atomic E-state index is 13.7. The molecule has 0 aliphatic heterocycles. The molecule has 0 aromatic carbocycles. The van der Waals surface area contributed by atoms with E-state index in [4.69, 9.17) is 10.5 Å². The van der Waals surface area contributed by atoms with Gasteiger partial charge in [-0.25, -0.2) is 14.2 Å². The summed E-state index contributed by atoms with van der Waals surface area (Å²) in [6.45, 7) is 1.41. The zero-order valence-corrected chi connectivity index (χ0v) is 14.5. The number of nitrogen functional groups attached to an aromatic ring is 1. The minimum atomic E-state index is -1.06. The lowest BCUT2D eigenvalue weighted by Crippen LogP contribution is -2.19. The Kier molecular flexibility index (Phi) is 4.97. The van der Waals surface area contributed by atoms with Gasteiger partial charge in [0, 0.05) is 7.05 Å². The molecule has 0 spiro atoms. The summed E-state index contributed by atoms with van der Waals surface area (Å²) in [5, 5.41) is 6.63. The predicted molar refractivity (Wildman–Crippen MR) is 93.5 cm³/mol. The fourth-order valence-corrected chi connectivity index (χ4v) is 2.41. The normalized spacial score (nSPS) is 11.9. The SMILES string of the molecule is C[C@@H](OC(=O)Nc1c(-c2ccc(N)cn2)cnn1C)c1cc(F)cnc1F. The van der Waals surface area contributed by atoms with E-state index < -0.39 is 24.0 Å². The van der Waals surface area contributed by atoms with E-state index in [1.807, 2.05) is 0 Å². The van der Waals surface area contributed by atoms with Gasteiger partial charge >= 0.3 is 6.09 Å². The maximum Gasteiger partial charge on any atom is 0.413 e. The van der Waals surface area contributed by atoms with Gasteiger partial charge in [-0.2, -0.15) is 9.49 Å². The zero-order chi connectivity index (χ0) is 19.6. The monoisotopic (exact) mass is 374 g/mol. The highest BCUT2D eigenvalue weighted by Gasteiger charge is 2.20. The van der Waals surface area contributed by atoms with Crippen LogP contribution >= 0.6 is 0 Å². The van der Waals surface area contributed by atoms with Crippen molar-refractivity contribution >= 4 is 17.6 Å². The van der Waals surface area contributed by atoms with Crippen molar-refractivity contribution in [2.45, 2.75) is 13.0 Å². The van der Waals surface area contributed by atoms with Crippen LogP contribution in [0.1, 0.15) is 18.6 Å². The van der Waals surface area contributed by atoms with Gasteiger partial charge in [0.05, 0.1) is 41.1 Å². The van der Waals surface area contributed by atoms with E-state index in [9.17, 15) is 13.6 Å². The summed E-state index contributed by atoms with van der Waals surface area (Å²) in [6, 6.07) is 4.27. The average Bonchev–Trinajstić information content (AvgIpc) is 2.98. The van der Waals surface area contributed by atoms with Gasteiger partial charge in [-0.05, 0) is 25.1 Å². The standard InChI is InChI=1S/C17H16F2N6O2/c1-9(12-5-10(18)6-22-15(12)19)27-17(26)24-16-13(8-23-25(16)2)14-4-3-11(20)7-21-14/h3-9H,20H2,1-2H3,(H,24,26)/t9-/m1/s1. The second-order valence-corrected chi connectivity index (χ2v) is 5.71. The number of nitrogens with one attached hydrogen (secondary N) is 1. The minimum absolute atomic E-state index is 0.171. The van der Waals surface area contributed by atoms with E-state index in [0.29, 0.717) is 22.8 Å². The first-order valence-electron chi connectivity index (χ1n) is 7.87. The Bertz CT molecular complexity index is 974. The number of hydrogen-bond acceptors (Lipinski definition) is 6. The smallest absolute Gasteiger partial charge is 0.413 e. The Morgan fingerprint density at radius 1 is 1.26 bits per heavy atom. The summed E-state index contributed by atoms with van der Waals surface area (Å²) in [5.41, 5.74) is 7.04. The maximum atomic E-state index is 13.7. The summed E-state index contributed by atoms with van der Waals surface area (Å²) in [5.74, 6) is -1.32. The second kappa shape index (κ2) is 7.36. The molecule has 3 N–H and O–H groups in total. The first kappa shape index (κ1) is 18.2. The first-order chi connectivity index (χ1) is 12.8. The van der Waals surface area contributed by atoms with Gasteiger partial charge in [0.2, 0.25) is 5.95 Å². The van der Waals surface area contributed by atoms with Crippen LogP contribution in [0.4, 0.5) is 25.1 Å². The molecular formula is C17H16F2N6O2. The molecule has 3 aromatic heterocycles. The molecule has 27 heavy (non-hydrogen) atoms. The van der Waals surface area contributed by atoms with Gasteiger partial charge in [-0.15, -0.1) is 0 Å². The van der Waals surface area contributed by atoms with Gasteiger partial charge in [0.25, 0.3) is 0 Å². The predicted octanol–water partition coefficient (Wildman–Crippen LogP) is 3.05. The van der Waals surface area contributed by atoms with Crippen molar-refractivity contribution in [1.29, 1.82) is 0 Å². The molecule has 0 unspecified atom stereocenters. The number of halogens is 2. The van der Waals surface area contributed by atoms with E-state index in [-0.39, 0.29) is 5.56 Å². The molecule has 0 saturated carbocycles. The topological polar surface area (TPSA) is 108 Å². The number of carbonyl (C=O) groups is 1. The fraction of sp³-hybridized carbons (Fsp3) is 0.176. The highest BCUT2D eigenvalue weighted by atomic mass is 19.1. The minimum Gasteiger partial charge on any atom is -0.441 e. The lowest BCUT2D eigenvalue weighted by atomic mass is 10.2. The molecule has 0 aliphatic rings. The number of ether oxygens (including phenoxy) is 1. The van der Waals surface area contributed by atoms with Crippen LogP contribution < -0.4 is 11.1 Å². The van der Waals surface area contributed by atoms with E-state index in [1.165, 1.54) is 24.0 Å². The van der Waals surface area contributed by atoms with E-state index in [1.54, 1.807) is 19.2 Å². The van der Waals surface area contributed by atoms with Crippen molar-refractivity contribution in [3.63, 3.8) is 0 Å². The number of anilines is 2. The molecule has 0 radical (unpaired) electrons. The van der Waals surface area contributed by atoms with Gasteiger partial charge < -0.3 is 10.5 Å². The molecule has 1 atom stereocenters. The van der Waals surface area contributed by atoms with Crippen molar-refractivity contribution in [2.24, 2.45) is 7.05 Å². The van der Waals surface area contributed by atoms with Gasteiger partial charge in [0.15, 0.2) is 0 Å². The van der Waals surface area contributed by atoms with Gasteiger partial charge in [0.1, 0.15) is 17.7 Å². The summed E-state index contributed by atoms with van der Waals surface area (Å²) >= 11 is 0. The van der Waals surface area contributed by atoms with Crippen LogP contribution in [-0.4, -0.2) is 25.8 Å². The number of pyridine rings is 2. The quantitative estimate of drug-likeness (QED) is 0.680. The van der Waals surface area contributed by atoms with Crippen LogP contribution in [-0.2, 0) is 11.8 Å². The third kappa shape index (κ3) is 4.00. The average molecular weight is 374 g/mol. The zero-order valence-electron chi connectivity index (χ0n) is 14.5. The lowest BCUT2D eigenvalue weighted by Gasteiger charge is -2.15. The Hall–Kier alpha value is -3.56. The van der Waals surface area contributed by atoms with Crippen LogP contribution in [0.5, 0.6) is 0 Å². The molecule has 10 heteroatoms. The molecular weight excluding hydrogens is 358 g/mol. The van der Waals surface area contributed by atoms with Crippen LogP contribution in [0.25, 0.3) is 11.3 Å². The van der Waals surface area contributed by atoms with Crippen molar-refractivity contribution in [3.05, 3.63) is 54.1 Å². The van der Waals surface area contributed by atoms with Crippen molar-refractivity contribution in [1.82, 2.24) is 19.7 Å². The highest BCUT2D eigenvalue weighted by Crippen LogP contribution is 2.27. The molecule has 3 aromatic rings. The highest BCUT2D eigenvalue weighted by molar-refractivity contribution is 5.89. The number of amides is 1. The van der Waals surface area contributed by atoms with Crippen LogP contribution in [0, 0.1) is 11.8 Å². The summed E-state index contributed by atoms with van der Waals surface area (Å²) in [6.07, 6.45) is 1.82. The van der Waals surface area contributed by atoms with Crippen molar-refractivity contribution in [2.75, 3.05) is 11.1 Å². The number of nitrogens with zero attached hydrogens (tertiary/aromatic N) is 4. The Morgan fingerprint density at radius 2 is 2.04 bits per heavy atom. The second-order valence-electron chi connectivity index (χ2n) is 5.71. The van der Waals surface area contributed by atoms with E-state index in [2.05, 4.69) is 20.4 Å². The van der Waals surface area contributed by atoms with Crippen LogP contribution in [0.3, 0.4) is 0 Å². The first-order valence-corrected chi connectivity index (χ1v) is 7.87.